The fraction of sp³-hybridized carbons (Fsp3) is 0.289. The first-order valence-corrected chi connectivity index (χ1v) is 15.5. The van der Waals surface area contributed by atoms with Gasteiger partial charge in [-0.05, 0) is 61.7 Å². The van der Waals surface area contributed by atoms with Crippen molar-refractivity contribution in [3.05, 3.63) is 125 Å². The van der Waals surface area contributed by atoms with Crippen LogP contribution in [0.1, 0.15) is 53.7 Å². The zero-order chi connectivity index (χ0) is 32.2. The van der Waals surface area contributed by atoms with Gasteiger partial charge in [-0.1, -0.05) is 86.1 Å². The molecular formula is C38H42N2O5. The summed E-state index contributed by atoms with van der Waals surface area (Å²) >= 11 is 0. The van der Waals surface area contributed by atoms with E-state index in [1.54, 1.807) is 30.3 Å². The molecule has 1 N–H and O–H groups in total. The Balaban J connectivity index is 1.42. The second kappa shape index (κ2) is 16.2. The third-order valence-electron chi connectivity index (χ3n) is 7.92. The van der Waals surface area contributed by atoms with E-state index in [9.17, 15) is 14.4 Å². The Kier molecular flexibility index (Phi) is 11.9. The summed E-state index contributed by atoms with van der Waals surface area (Å²) < 4.78 is 11.1. The highest BCUT2D eigenvalue weighted by Gasteiger charge is 2.24. The van der Waals surface area contributed by atoms with Crippen LogP contribution in [0.5, 0.6) is 5.75 Å². The number of methoxy groups -OCH3 is 1. The Bertz CT molecular complexity index is 1550. The van der Waals surface area contributed by atoms with Gasteiger partial charge in [0.1, 0.15) is 18.4 Å². The van der Waals surface area contributed by atoms with Gasteiger partial charge in [0.2, 0.25) is 5.91 Å². The van der Waals surface area contributed by atoms with Crippen molar-refractivity contribution in [3.8, 4) is 5.75 Å². The first-order chi connectivity index (χ1) is 21.8. The van der Waals surface area contributed by atoms with Crippen molar-refractivity contribution >= 4 is 29.0 Å². The predicted molar refractivity (Wildman–Crippen MR) is 179 cm³/mol. The first kappa shape index (κ1) is 33.0. The number of rotatable bonds is 15. The van der Waals surface area contributed by atoms with E-state index in [-0.39, 0.29) is 17.6 Å². The monoisotopic (exact) mass is 606 g/mol. The van der Waals surface area contributed by atoms with E-state index in [2.05, 4.69) is 5.32 Å². The number of amides is 1. The SMILES string of the molecule is CCC(CC)C(=O)N(CCOc1ccc(CC(Nc2ccccc2C(=O)c2ccccc2)C(=O)OC)cc1)c1ccc(C)cc1. The summed E-state index contributed by atoms with van der Waals surface area (Å²) in [5.41, 5.74) is 4.50. The number of ketones is 1. The van der Waals surface area contributed by atoms with Crippen molar-refractivity contribution in [2.45, 2.75) is 46.1 Å². The number of aryl methyl sites for hydroxylation is 1. The summed E-state index contributed by atoms with van der Waals surface area (Å²) in [4.78, 5) is 41.2. The number of nitrogens with zero attached hydrogens (tertiary/aromatic N) is 1. The molecule has 0 aliphatic rings. The molecule has 0 aliphatic heterocycles. The van der Waals surface area contributed by atoms with Gasteiger partial charge in [-0.25, -0.2) is 4.79 Å². The number of para-hydroxylation sites is 1. The van der Waals surface area contributed by atoms with Gasteiger partial charge in [0, 0.05) is 34.8 Å². The van der Waals surface area contributed by atoms with Crippen molar-refractivity contribution in [1.29, 1.82) is 0 Å². The Hall–Kier alpha value is -4.91. The van der Waals surface area contributed by atoms with E-state index in [1.807, 2.05) is 98.5 Å². The van der Waals surface area contributed by atoms with Gasteiger partial charge in [0.25, 0.3) is 0 Å². The molecule has 0 aromatic heterocycles. The van der Waals surface area contributed by atoms with Crippen molar-refractivity contribution in [3.63, 3.8) is 0 Å². The maximum absolute atomic E-state index is 13.3. The smallest absolute Gasteiger partial charge is 0.328 e. The minimum Gasteiger partial charge on any atom is -0.492 e. The van der Waals surface area contributed by atoms with Crippen LogP contribution in [0.4, 0.5) is 11.4 Å². The molecule has 1 amide bonds. The summed E-state index contributed by atoms with van der Waals surface area (Å²) in [5.74, 6) is 0.169. The van der Waals surface area contributed by atoms with E-state index in [0.717, 1.165) is 29.7 Å². The van der Waals surface area contributed by atoms with E-state index >= 15 is 0 Å². The van der Waals surface area contributed by atoms with Crippen LogP contribution in [0.15, 0.2) is 103 Å². The molecule has 0 radical (unpaired) electrons. The molecule has 0 bridgehead atoms. The summed E-state index contributed by atoms with van der Waals surface area (Å²) in [7, 11) is 1.35. The fourth-order valence-corrected chi connectivity index (χ4v) is 5.24. The minimum absolute atomic E-state index is 0.0367. The zero-order valence-electron chi connectivity index (χ0n) is 26.5. The van der Waals surface area contributed by atoms with Crippen LogP contribution in [0.2, 0.25) is 0 Å². The molecule has 1 unspecified atom stereocenters. The largest absolute Gasteiger partial charge is 0.492 e. The Morgan fingerprint density at radius 3 is 2.09 bits per heavy atom. The summed E-state index contributed by atoms with van der Waals surface area (Å²) in [5, 5.41) is 3.24. The quantitative estimate of drug-likeness (QED) is 0.113. The molecule has 4 aromatic rings. The lowest BCUT2D eigenvalue weighted by molar-refractivity contribution is -0.141. The number of benzene rings is 4. The van der Waals surface area contributed by atoms with Crippen LogP contribution in [0.25, 0.3) is 0 Å². The van der Waals surface area contributed by atoms with Gasteiger partial charge < -0.3 is 19.7 Å². The van der Waals surface area contributed by atoms with E-state index < -0.39 is 12.0 Å². The van der Waals surface area contributed by atoms with Crippen molar-refractivity contribution < 1.29 is 23.9 Å². The van der Waals surface area contributed by atoms with Crippen LogP contribution in [0, 0.1) is 12.8 Å². The number of ether oxygens (including phenoxy) is 2. The van der Waals surface area contributed by atoms with E-state index in [1.165, 1.54) is 7.11 Å². The summed E-state index contributed by atoms with van der Waals surface area (Å²) in [6.45, 7) is 6.87. The van der Waals surface area contributed by atoms with Crippen LogP contribution in [-0.2, 0) is 20.7 Å². The number of carbonyl (C=O) groups excluding carboxylic acids is 3. The molecule has 4 aromatic carbocycles. The number of hydrogen-bond acceptors (Lipinski definition) is 6. The van der Waals surface area contributed by atoms with Gasteiger partial charge in [-0.2, -0.15) is 0 Å². The lowest BCUT2D eigenvalue weighted by Crippen LogP contribution is -2.38. The van der Waals surface area contributed by atoms with Crippen molar-refractivity contribution in [2.75, 3.05) is 30.5 Å². The lowest BCUT2D eigenvalue weighted by atomic mass is 10.00. The molecule has 0 spiro atoms. The number of carbonyl (C=O) groups is 3. The molecule has 0 fully saturated rings. The van der Waals surface area contributed by atoms with Gasteiger partial charge in [-0.15, -0.1) is 0 Å². The third kappa shape index (κ3) is 8.82. The molecule has 7 nitrogen and oxygen atoms in total. The Morgan fingerprint density at radius 1 is 0.800 bits per heavy atom. The topological polar surface area (TPSA) is 84.9 Å². The van der Waals surface area contributed by atoms with Crippen LogP contribution < -0.4 is 15.0 Å². The highest BCUT2D eigenvalue weighted by atomic mass is 16.5. The van der Waals surface area contributed by atoms with Gasteiger partial charge in [0.05, 0.1) is 13.7 Å². The highest BCUT2D eigenvalue weighted by Crippen LogP contribution is 2.23. The molecule has 0 aliphatic carbocycles. The number of anilines is 2. The van der Waals surface area contributed by atoms with Gasteiger partial charge >= 0.3 is 5.97 Å². The highest BCUT2D eigenvalue weighted by molar-refractivity contribution is 6.12. The Morgan fingerprint density at radius 2 is 1.44 bits per heavy atom. The normalized spacial score (nSPS) is 11.5. The predicted octanol–water partition coefficient (Wildman–Crippen LogP) is 7.27. The number of nitrogens with one attached hydrogen (secondary N) is 1. The summed E-state index contributed by atoms with van der Waals surface area (Å²) in [6.07, 6.45) is 1.92. The molecule has 4 rings (SSSR count). The number of hydrogen-bond donors (Lipinski definition) is 1. The average molecular weight is 607 g/mol. The van der Waals surface area contributed by atoms with E-state index in [4.69, 9.17) is 9.47 Å². The molecule has 1 atom stereocenters. The van der Waals surface area contributed by atoms with Crippen LogP contribution in [-0.4, -0.2) is 44.0 Å². The second-order valence-corrected chi connectivity index (χ2v) is 11.0. The van der Waals surface area contributed by atoms with Crippen LogP contribution in [0.3, 0.4) is 0 Å². The molecule has 0 saturated carbocycles. The molecule has 234 valence electrons. The maximum atomic E-state index is 13.3. The van der Waals surface area contributed by atoms with Gasteiger partial charge in [0.15, 0.2) is 5.78 Å². The lowest BCUT2D eigenvalue weighted by Gasteiger charge is -2.27. The summed E-state index contributed by atoms with van der Waals surface area (Å²) in [6, 6.07) is 31.0. The average Bonchev–Trinajstić information content (AvgIpc) is 3.08. The van der Waals surface area contributed by atoms with Gasteiger partial charge in [-0.3, -0.25) is 9.59 Å². The van der Waals surface area contributed by atoms with E-state index in [0.29, 0.717) is 42.1 Å². The third-order valence-corrected chi connectivity index (χ3v) is 7.92. The van der Waals surface area contributed by atoms with Crippen molar-refractivity contribution in [2.24, 2.45) is 5.92 Å². The molecule has 45 heavy (non-hydrogen) atoms. The maximum Gasteiger partial charge on any atom is 0.328 e. The zero-order valence-corrected chi connectivity index (χ0v) is 26.5. The fourth-order valence-electron chi connectivity index (χ4n) is 5.24. The molecular weight excluding hydrogens is 564 g/mol. The Labute approximate surface area is 266 Å². The number of esters is 1. The minimum atomic E-state index is -0.717. The standard InChI is InChI=1S/C38H42N2O5/c1-5-29(6-2)37(42)40(31-20-16-27(3)17-21-31)24-25-45-32-22-18-28(19-23-32)26-35(38(43)44-4)39-34-15-11-10-14-33(34)36(41)30-12-8-7-9-13-30/h7-23,29,35,39H,5-6,24-26H2,1-4H3. The molecule has 0 heterocycles. The first-order valence-electron chi connectivity index (χ1n) is 15.5. The molecule has 0 saturated heterocycles. The second-order valence-electron chi connectivity index (χ2n) is 11.0. The van der Waals surface area contributed by atoms with Crippen LogP contribution >= 0.6 is 0 Å². The van der Waals surface area contributed by atoms with Crippen molar-refractivity contribution in [1.82, 2.24) is 0 Å². The molecule has 7 heteroatoms.